The average molecular weight is 548 g/mol. The van der Waals surface area contributed by atoms with Gasteiger partial charge in [-0.05, 0) is 85.9 Å². The summed E-state index contributed by atoms with van der Waals surface area (Å²) >= 11 is 0. The summed E-state index contributed by atoms with van der Waals surface area (Å²) in [6.45, 7) is 14.5. The van der Waals surface area contributed by atoms with Gasteiger partial charge in [-0.25, -0.2) is 5.34 Å². The molecule has 0 saturated heterocycles. The molecule has 39 heavy (non-hydrogen) atoms. The van der Waals surface area contributed by atoms with Crippen molar-refractivity contribution in [3.8, 4) is 0 Å². The van der Waals surface area contributed by atoms with Crippen LogP contribution in [0.5, 0.6) is 0 Å². The molecular formula is C31H51N2O6-. The summed E-state index contributed by atoms with van der Waals surface area (Å²) in [6.07, 6.45) is 10.1. The quantitative estimate of drug-likeness (QED) is 0.260. The van der Waals surface area contributed by atoms with Crippen LogP contribution in [0.1, 0.15) is 119 Å². The maximum absolute atomic E-state index is 12.6. The van der Waals surface area contributed by atoms with Crippen molar-refractivity contribution in [1.82, 2.24) is 5.34 Å². The van der Waals surface area contributed by atoms with E-state index in [0.717, 1.165) is 25.2 Å². The normalized spacial score (nSPS) is 41.4. The summed E-state index contributed by atoms with van der Waals surface area (Å²) in [5.74, 6) is 2.35. The highest BCUT2D eigenvalue weighted by Crippen LogP contribution is 2.69. The standard InChI is InChI=1S/C31H51N2O6/c1-19(2)9-8-10-20(3)25-11-12-26-24-17-28(32-33(36)37)31(39-22(5)35)18-23(38-21(4)34)13-16-30(31,7)27(24)14-15-29(25,26)6/h19-20,23-27,36H,8-18H2,1-7H3/q-1/b32-28+/t20-,23+,24-,25+,26-,27-,29-,30-,31+/m1/s1. The Bertz CT molecular complexity index is 951. The topological polar surface area (TPSA) is 111 Å². The van der Waals surface area contributed by atoms with Gasteiger partial charge in [0.05, 0.1) is 5.71 Å². The number of hydrazone groups is 1. The van der Waals surface area contributed by atoms with Crippen LogP contribution in [-0.2, 0) is 19.1 Å². The maximum Gasteiger partial charge on any atom is 0.303 e. The highest BCUT2D eigenvalue weighted by molar-refractivity contribution is 5.96. The second-order valence-electron chi connectivity index (χ2n) is 14.2. The first kappa shape index (κ1) is 30.3. The Balaban J connectivity index is 1.68. The lowest BCUT2D eigenvalue weighted by Crippen LogP contribution is -2.69. The molecule has 9 atom stereocenters. The Hall–Kier alpha value is -1.67. The van der Waals surface area contributed by atoms with E-state index in [4.69, 9.17) is 9.47 Å². The Morgan fingerprint density at radius 1 is 1.05 bits per heavy atom. The van der Waals surface area contributed by atoms with E-state index in [1.165, 1.54) is 39.5 Å². The number of carbonyl (C=O) groups excluding carboxylic acids is 2. The molecule has 0 aromatic carbocycles. The molecule has 0 aromatic rings. The van der Waals surface area contributed by atoms with Gasteiger partial charge >= 0.3 is 11.9 Å². The average Bonchev–Trinajstić information content (AvgIpc) is 3.16. The van der Waals surface area contributed by atoms with E-state index in [-0.39, 0.29) is 23.1 Å². The summed E-state index contributed by atoms with van der Waals surface area (Å²) in [4.78, 5) is 24.4. The third-order valence-corrected chi connectivity index (χ3v) is 11.6. The molecule has 1 N–H and O–H groups in total. The van der Waals surface area contributed by atoms with Crippen LogP contribution >= 0.6 is 0 Å². The highest BCUT2D eigenvalue weighted by Gasteiger charge is 2.69. The third kappa shape index (κ3) is 5.49. The molecule has 4 fully saturated rings. The van der Waals surface area contributed by atoms with Gasteiger partial charge in [-0.2, -0.15) is 5.10 Å². The van der Waals surface area contributed by atoms with Crippen molar-refractivity contribution in [2.45, 2.75) is 131 Å². The molecule has 0 heterocycles. The first-order chi connectivity index (χ1) is 18.2. The van der Waals surface area contributed by atoms with Crippen molar-refractivity contribution in [3.05, 3.63) is 5.21 Å². The second-order valence-corrected chi connectivity index (χ2v) is 14.2. The lowest BCUT2D eigenvalue weighted by molar-refractivity contribution is -0.205. The van der Waals surface area contributed by atoms with Crippen LogP contribution in [0.25, 0.3) is 0 Å². The van der Waals surface area contributed by atoms with Gasteiger partial charge < -0.3 is 14.7 Å². The fraction of sp³-hybridized carbons (Fsp3) is 0.903. The minimum atomic E-state index is -1.19. The molecule has 4 aliphatic carbocycles. The first-order valence-corrected chi connectivity index (χ1v) is 15.3. The van der Waals surface area contributed by atoms with E-state index < -0.39 is 23.1 Å². The largest absolute Gasteiger partial charge is 0.716 e. The number of nitrogens with zero attached hydrogens (tertiary/aromatic N) is 2. The van der Waals surface area contributed by atoms with E-state index >= 15 is 0 Å². The number of hydrogen-bond acceptors (Lipinski definition) is 8. The maximum atomic E-state index is 12.6. The van der Waals surface area contributed by atoms with Gasteiger partial charge in [0.25, 0.3) is 0 Å². The molecule has 0 aliphatic heterocycles. The molecule has 8 heteroatoms. The van der Waals surface area contributed by atoms with E-state index in [2.05, 4.69) is 39.7 Å². The molecule has 0 aromatic heterocycles. The van der Waals surface area contributed by atoms with Gasteiger partial charge in [0.2, 0.25) is 0 Å². The number of carbonyl (C=O) groups is 2. The van der Waals surface area contributed by atoms with Gasteiger partial charge in [0.15, 0.2) is 5.60 Å². The Morgan fingerprint density at radius 2 is 1.77 bits per heavy atom. The Morgan fingerprint density at radius 3 is 2.38 bits per heavy atom. The molecule has 4 rings (SSSR count). The number of ether oxygens (including phenoxy) is 2. The van der Waals surface area contributed by atoms with Crippen molar-refractivity contribution >= 4 is 17.7 Å². The second kappa shape index (κ2) is 11.3. The minimum absolute atomic E-state index is 0.229. The van der Waals surface area contributed by atoms with Crippen LogP contribution in [0.2, 0.25) is 0 Å². The third-order valence-electron chi connectivity index (χ3n) is 11.6. The number of fused-ring (bicyclic) bond motifs is 5. The zero-order valence-corrected chi connectivity index (χ0v) is 25.2. The zero-order valence-electron chi connectivity index (χ0n) is 25.2. The van der Waals surface area contributed by atoms with Crippen molar-refractivity contribution in [2.75, 3.05) is 0 Å². The van der Waals surface area contributed by atoms with E-state index in [0.29, 0.717) is 54.6 Å². The summed E-state index contributed by atoms with van der Waals surface area (Å²) in [5, 5.41) is 25.4. The van der Waals surface area contributed by atoms with Gasteiger partial charge in [-0.1, -0.05) is 53.9 Å². The number of hydrogen-bond donors (Lipinski definition) is 1. The zero-order chi connectivity index (χ0) is 28.8. The van der Waals surface area contributed by atoms with Gasteiger partial charge in [-0.15, -0.1) is 0 Å². The molecular weight excluding hydrogens is 496 g/mol. The van der Waals surface area contributed by atoms with Crippen molar-refractivity contribution in [3.63, 3.8) is 0 Å². The van der Waals surface area contributed by atoms with Crippen LogP contribution in [-0.4, -0.2) is 39.9 Å². The van der Waals surface area contributed by atoms with Crippen LogP contribution < -0.4 is 0 Å². The lowest BCUT2D eigenvalue weighted by Gasteiger charge is -2.65. The molecule has 0 unspecified atom stereocenters. The van der Waals surface area contributed by atoms with E-state index in [9.17, 15) is 20.0 Å². The van der Waals surface area contributed by atoms with E-state index in [1.54, 1.807) is 0 Å². The smallest absolute Gasteiger partial charge is 0.303 e. The molecule has 0 radical (unpaired) electrons. The predicted octanol–water partition coefficient (Wildman–Crippen LogP) is 6.88. The summed E-state index contributed by atoms with van der Waals surface area (Å²) in [6, 6.07) is 0. The Labute approximate surface area is 234 Å². The SMILES string of the molecule is CC(=O)O[C@H]1CC[C@]2(C)[C@@H]3CC[C@@]4(C)[C@H](CC[C@H]4[C@H](C)CCCC(C)C)[C@H]3C/C(=N\N([O-])O)[C@@]2(OC(C)=O)C1. The monoisotopic (exact) mass is 547 g/mol. The van der Waals surface area contributed by atoms with Crippen LogP contribution in [0.15, 0.2) is 5.10 Å². The van der Waals surface area contributed by atoms with Gasteiger partial charge in [0.1, 0.15) is 6.10 Å². The van der Waals surface area contributed by atoms with Crippen LogP contribution in [0.4, 0.5) is 0 Å². The summed E-state index contributed by atoms with van der Waals surface area (Å²) in [5.41, 5.74) is -1.02. The van der Waals surface area contributed by atoms with Gasteiger partial charge in [-0.3, -0.25) is 14.8 Å². The van der Waals surface area contributed by atoms with Crippen molar-refractivity contribution < 1.29 is 24.3 Å². The van der Waals surface area contributed by atoms with Gasteiger partial charge in [0, 0.05) is 25.7 Å². The molecule has 0 spiro atoms. The predicted molar refractivity (Wildman–Crippen MR) is 149 cm³/mol. The molecule has 0 amide bonds. The first-order valence-electron chi connectivity index (χ1n) is 15.3. The summed E-state index contributed by atoms with van der Waals surface area (Å²) < 4.78 is 11.8. The molecule has 8 nitrogen and oxygen atoms in total. The number of esters is 2. The fourth-order valence-corrected chi connectivity index (χ4v) is 10.0. The highest BCUT2D eigenvalue weighted by atomic mass is 16.8. The minimum Gasteiger partial charge on any atom is -0.716 e. The molecule has 4 aliphatic rings. The number of rotatable bonds is 8. The summed E-state index contributed by atoms with van der Waals surface area (Å²) in [7, 11) is 0. The fourth-order valence-electron chi connectivity index (χ4n) is 10.0. The van der Waals surface area contributed by atoms with Crippen molar-refractivity contribution in [1.29, 1.82) is 0 Å². The van der Waals surface area contributed by atoms with Crippen LogP contribution in [0, 0.1) is 51.5 Å². The van der Waals surface area contributed by atoms with Crippen LogP contribution in [0.3, 0.4) is 0 Å². The Kier molecular flexibility index (Phi) is 8.78. The lowest BCUT2D eigenvalue weighted by atomic mass is 9.42. The molecule has 4 saturated carbocycles. The van der Waals surface area contributed by atoms with E-state index in [1.807, 2.05) is 0 Å². The molecule has 0 bridgehead atoms. The molecule has 222 valence electrons. The van der Waals surface area contributed by atoms with Crippen molar-refractivity contribution in [2.24, 2.45) is 51.4 Å².